The van der Waals surface area contributed by atoms with Crippen LogP contribution in [0.4, 0.5) is 0 Å². The fourth-order valence-electron chi connectivity index (χ4n) is 3.70. The molecule has 152 valence electrons. The van der Waals surface area contributed by atoms with Crippen molar-refractivity contribution in [3.63, 3.8) is 0 Å². The fourth-order valence-corrected chi connectivity index (χ4v) is 3.70. The molecule has 0 bridgehead atoms. The van der Waals surface area contributed by atoms with Gasteiger partial charge in [-0.1, -0.05) is 13.0 Å². The first kappa shape index (κ1) is 20.6. The second-order valence-electron chi connectivity index (χ2n) is 7.04. The Morgan fingerprint density at radius 2 is 2.03 bits per heavy atom. The van der Waals surface area contributed by atoms with E-state index < -0.39 is 5.97 Å². The third kappa shape index (κ3) is 3.88. The van der Waals surface area contributed by atoms with Gasteiger partial charge in [0.2, 0.25) is 0 Å². The molecular weight excluding hydrogens is 368 g/mol. The number of allylic oxidation sites excluding steroid dienone is 4. The third-order valence-electron chi connectivity index (χ3n) is 5.18. The van der Waals surface area contributed by atoms with E-state index in [0.29, 0.717) is 34.5 Å². The van der Waals surface area contributed by atoms with Gasteiger partial charge in [0.25, 0.3) is 5.56 Å². The number of rotatable bonds is 5. The molecule has 29 heavy (non-hydrogen) atoms. The van der Waals surface area contributed by atoms with Crippen LogP contribution < -0.4 is 10.3 Å². The van der Waals surface area contributed by atoms with E-state index in [1.54, 1.807) is 29.9 Å². The highest BCUT2D eigenvalue weighted by atomic mass is 16.5. The molecule has 6 nitrogen and oxygen atoms in total. The molecule has 0 radical (unpaired) electrons. The van der Waals surface area contributed by atoms with E-state index in [9.17, 15) is 9.59 Å². The zero-order chi connectivity index (χ0) is 21.1. The summed E-state index contributed by atoms with van der Waals surface area (Å²) in [6.45, 7) is 6.10. The van der Waals surface area contributed by atoms with Gasteiger partial charge in [-0.15, -0.1) is 0 Å². The van der Waals surface area contributed by atoms with Gasteiger partial charge in [-0.2, -0.15) is 0 Å². The molecule has 2 aromatic rings. The molecule has 6 heteroatoms. The van der Waals surface area contributed by atoms with Crippen molar-refractivity contribution in [2.45, 2.75) is 40.0 Å². The van der Waals surface area contributed by atoms with Crippen LogP contribution in [0.15, 0.2) is 40.2 Å². The maximum Gasteiger partial charge on any atom is 0.330 e. The van der Waals surface area contributed by atoms with Crippen LogP contribution >= 0.6 is 0 Å². The lowest BCUT2D eigenvalue weighted by atomic mass is 9.97. The minimum atomic E-state index is -0.479. The monoisotopic (exact) mass is 394 g/mol. The Morgan fingerprint density at radius 3 is 2.66 bits per heavy atom. The number of nitrogens with zero attached hydrogens (tertiary/aromatic N) is 2. The van der Waals surface area contributed by atoms with Crippen molar-refractivity contribution >= 4 is 28.6 Å². The summed E-state index contributed by atoms with van der Waals surface area (Å²) >= 11 is 0. The van der Waals surface area contributed by atoms with E-state index in [0.717, 1.165) is 24.1 Å². The molecule has 1 heterocycles. The first-order valence-corrected chi connectivity index (χ1v) is 9.68. The minimum Gasteiger partial charge on any atom is -0.496 e. The molecule has 0 spiro atoms. The van der Waals surface area contributed by atoms with Gasteiger partial charge in [-0.05, 0) is 50.0 Å². The summed E-state index contributed by atoms with van der Waals surface area (Å²) in [5.74, 6) is 0.771. The van der Waals surface area contributed by atoms with E-state index in [4.69, 9.17) is 9.72 Å². The highest BCUT2D eigenvalue weighted by Gasteiger charge is 2.19. The maximum absolute atomic E-state index is 13.5. The number of carbonyl (C=O) groups excluding carboxylic acids is 1. The average Bonchev–Trinajstić information content (AvgIpc) is 2.72. The quantitative estimate of drug-likeness (QED) is 0.563. The Bertz CT molecular complexity index is 1120. The van der Waals surface area contributed by atoms with E-state index in [-0.39, 0.29) is 5.56 Å². The molecule has 0 N–H and O–H groups in total. The second-order valence-corrected chi connectivity index (χ2v) is 7.04. The summed E-state index contributed by atoms with van der Waals surface area (Å²) in [5, 5.41) is 0.478. The number of ether oxygens (including phenoxy) is 2. The normalized spacial score (nSPS) is 14.4. The number of aromatic nitrogens is 2. The Labute approximate surface area is 170 Å². The molecule has 0 aliphatic heterocycles. The smallest absolute Gasteiger partial charge is 0.330 e. The number of hydrogen-bond donors (Lipinski definition) is 0. The number of aryl methyl sites for hydroxylation is 1. The van der Waals surface area contributed by atoms with Crippen LogP contribution in [-0.4, -0.2) is 29.7 Å². The van der Waals surface area contributed by atoms with Gasteiger partial charge in [-0.3, -0.25) is 9.36 Å². The first-order valence-electron chi connectivity index (χ1n) is 9.68. The minimum absolute atomic E-state index is 0.119. The predicted octanol–water partition coefficient (Wildman–Crippen LogP) is 4.12. The average molecular weight is 394 g/mol. The van der Waals surface area contributed by atoms with Gasteiger partial charge >= 0.3 is 5.97 Å². The summed E-state index contributed by atoms with van der Waals surface area (Å²) in [5.41, 5.74) is 4.28. The second kappa shape index (κ2) is 8.47. The molecule has 1 aromatic carbocycles. The van der Waals surface area contributed by atoms with Crippen LogP contribution in [0.2, 0.25) is 0 Å². The summed E-state index contributed by atoms with van der Waals surface area (Å²) in [7, 11) is 2.86. The Hall–Kier alpha value is -3.15. The SMILES string of the molecule is CCc1nc2cc(OC)c(/C=C/C(=O)OC)cc2c(=O)n1C1=C(C)CCC=C1C. The maximum atomic E-state index is 13.5. The number of carbonyl (C=O) groups is 1. The summed E-state index contributed by atoms with van der Waals surface area (Å²) in [6.07, 6.45) is 7.58. The van der Waals surface area contributed by atoms with E-state index in [1.165, 1.54) is 18.8 Å². The van der Waals surface area contributed by atoms with Crippen LogP contribution in [0.25, 0.3) is 22.7 Å². The van der Waals surface area contributed by atoms with Crippen LogP contribution in [0.1, 0.15) is 45.0 Å². The van der Waals surface area contributed by atoms with Crippen molar-refractivity contribution in [2.75, 3.05) is 14.2 Å². The summed E-state index contributed by atoms with van der Waals surface area (Å²) in [6, 6.07) is 3.46. The lowest BCUT2D eigenvalue weighted by Gasteiger charge is -2.22. The summed E-state index contributed by atoms with van der Waals surface area (Å²) in [4.78, 5) is 29.8. The number of methoxy groups -OCH3 is 2. The molecule has 1 aliphatic carbocycles. The van der Waals surface area contributed by atoms with E-state index >= 15 is 0 Å². The van der Waals surface area contributed by atoms with Crippen molar-refractivity contribution in [3.05, 3.63) is 57.2 Å². The molecule has 3 rings (SSSR count). The van der Waals surface area contributed by atoms with E-state index in [1.807, 2.05) is 13.8 Å². The zero-order valence-electron chi connectivity index (χ0n) is 17.5. The van der Waals surface area contributed by atoms with Crippen molar-refractivity contribution in [1.29, 1.82) is 0 Å². The highest BCUT2D eigenvalue weighted by molar-refractivity contribution is 5.90. The van der Waals surface area contributed by atoms with E-state index in [2.05, 4.69) is 17.7 Å². The Morgan fingerprint density at radius 1 is 1.28 bits per heavy atom. The molecule has 0 saturated carbocycles. The molecule has 0 saturated heterocycles. The topological polar surface area (TPSA) is 70.4 Å². The number of hydrogen-bond acceptors (Lipinski definition) is 5. The largest absolute Gasteiger partial charge is 0.496 e. The van der Waals surface area contributed by atoms with Gasteiger partial charge in [0, 0.05) is 24.1 Å². The molecule has 0 unspecified atom stereocenters. The van der Waals surface area contributed by atoms with Crippen molar-refractivity contribution < 1.29 is 14.3 Å². The van der Waals surface area contributed by atoms with Crippen LogP contribution in [-0.2, 0) is 16.0 Å². The standard InChI is InChI=1S/C23H26N2O4/c1-6-20-24-18-13-19(28-4)16(10-11-21(26)29-5)12-17(18)23(27)25(20)22-14(2)8-7-9-15(22)3/h8,10-13H,6-7,9H2,1-5H3/b11-10+. The molecule has 1 aliphatic rings. The van der Waals surface area contributed by atoms with Gasteiger partial charge in [-0.25, -0.2) is 9.78 Å². The predicted molar refractivity (Wildman–Crippen MR) is 115 cm³/mol. The van der Waals surface area contributed by atoms with Gasteiger partial charge in [0.15, 0.2) is 0 Å². The highest BCUT2D eigenvalue weighted by Crippen LogP contribution is 2.30. The number of benzene rings is 1. The van der Waals surface area contributed by atoms with Crippen molar-refractivity contribution in [2.24, 2.45) is 0 Å². The molecule has 0 amide bonds. The van der Waals surface area contributed by atoms with Crippen LogP contribution in [0, 0.1) is 0 Å². The number of esters is 1. The van der Waals surface area contributed by atoms with Gasteiger partial charge in [0.1, 0.15) is 11.6 Å². The van der Waals surface area contributed by atoms with Gasteiger partial charge in [0.05, 0.1) is 30.8 Å². The molecular formula is C23H26N2O4. The van der Waals surface area contributed by atoms with Crippen molar-refractivity contribution in [1.82, 2.24) is 9.55 Å². The Kier molecular flexibility index (Phi) is 6.01. The Balaban J connectivity index is 2.31. The number of fused-ring (bicyclic) bond motifs is 1. The van der Waals surface area contributed by atoms with Gasteiger partial charge < -0.3 is 9.47 Å². The lowest BCUT2D eigenvalue weighted by molar-refractivity contribution is -0.134. The molecule has 1 aromatic heterocycles. The third-order valence-corrected chi connectivity index (χ3v) is 5.18. The summed E-state index contributed by atoms with van der Waals surface area (Å²) < 4.78 is 11.8. The van der Waals surface area contributed by atoms with Crippen LogP contribution in [0.5, 0.6) is 5.75 Å². The fraction of sp³-hybridized carbons (Fsp3) is 0.348. The van der Waals surface area contributed by atoms with Crippen molar-refractivity contribution in [3.8, 4) is 5.75 Å². The zero-order valence-corrected chi connectivity index (χ0v) is 17.5. The molecule has 0 fully saturated rings. The first-order chi connectivity index (χ1) is 13.9. The molecule has 0 atom stereocenters. The lowest BCUT2D eigenvalue weighted by Crippen LogP contribution is -2.26. The van der Waals surface area contributed by atoms with Crippen LogP contribution in [0.3, 0.4) is 0 Å².